The van der Waals surface area contributed by atoms with Crippen LogP contribution in [0.4, 0.5) is 0 Å². The highest BCUT2D eigenvalue weighted by atomic mass is 16.5. The minimum Gasteiger partial charge on any atom is -0.374 e. The number of rotatable bonds is 4. The first kappa shape index (κ1) is 26.0. The normalized spacial score (nSPS) is 44.4. The molecule has 168 valence electrons. The average molecular weight is 397 g/mol. The van der Waals surface area contributed by atoms with E-state index in [9.17, 15) is 0 Å². The summed E-state index contributed by atoms with van der Waals surface area (Å²) in [6, 6.07) is 0. The molecule has 6 unspecified atom stereocenters. The summed E-state index contributed by atoms with van der Waals surface area (Å²) in [4.78, 5) is 0. The molecular weight excluding hydrogens is 344 g/mol. The van der Waals surface area contributed by atoms with Crippen LogP contribution in [0.25, 0.3) is 0 Å². The molecule has 2 aliphatic rings. The van der Waals surface area contributed by atoms with Crippen molar-refractivity contribution in [3.8, 4) is 0 Å². The maximum atomic E-state index is 6.19. The van der Waals surface area contributed by atoms with Crippen molar-refractivity contribution in [3.63, 3.8) is 0 Å². The summed E-state index contributed by atoms with van der Waals surface area (Å²) >= 11 is 0. The third-order valence-corrected chi connectivity index (χ3v) is 8.31. The van der Waals surface area contributed by atoms with E-state index in [1.165, 1.54) is 0 Å². The highest BCUT2D eigenvalue weighted by Gasteiger charge is 2.40. The van der Waals surface area contributed by atoms with E-state index >= 15 is 0 Å². The Bertz CT molecular complexity index is 388. The zero-order valence-corrected chi connectivity index (χ0v) is 21.2. The fourth-order valence-electron chi connectivity index (χ4n) is 5.60. The van der Waals surface area contributed by atoms with Crippen LogP contribution in [-0.2, 0) is 9.47 Å². The second-order valence-corrected chi connectivity index (χ2v) is 10.7. The van der Waals surface area contributed by atoms with Gasteiger partial charge in [0, 0.05) is 0 Å². The highest BCUT2D eigenvalue weighted by molar-refractivity contribution is 4.87. The number of ether oxygens (including phenoxy) is 2. The van der Waals surface area contributed by atoms with Crippen LogP contribution in [0.15, 0.2) is 0 Å². The summed E-state index contributed by atoms with van der Waals surface area (Å²) in [5, 5.41) is 0. The summed E-state index contributed by atoms with van der Waals surface area (Å²) in [5.74, 6) is 5.71. The van der Waals surface area contributed by atoms with Gasteiger partial charge < -0.3 is 9.47 Å². The molecule has 0 spiro atoms. The average Bonchev–Trinajstić information content (AvgIpc) is 2.64. The van der Waals surface area contributed by atoms with Crippen molar-refractivity contribution in [2.24, 2.45) is 47.3 Å². The fraction of sp³-hybridized carbons (Fsp3) is 1.00. The van der Waals surface area contributed by atoms with Crippen LogP contribution < -0.4 is 0 Å². The monoisotopic (exact) mass is 396 g/mol. The molecule has 0 amide bonds. The molecule has 2 heterocycles. The maximum absolute atomic E-state index is 6.19. The summed E-state index contributed by atoms with van der Waals surface area (Å²) in [6.07, 6.45) is 4.20. The Morgan fingerprint density at radius 2 is 0.786 bits per heavy atom. The highest BCUT2D eigenvalue weighted by Crippen LogP contribution is 2.39. The van der Waals surface area contributed by atoms with Gasteiger partial charge in [-0.15, -0.1) is 0 Å². The van der Waals surface area contributed by atoms with Crippen LogP contribution in [0.5, 0.6) is 0 Å². The molecule has 2 aliphatic heterocycles. The van der Waals surface area contributed by atoms with Gasteiger partial charge in [0.05, 0.1) is 24.4 Å². The molecule has 0 aliphatic carbocycles. The fourth-order valence-corrected chi connectivity index (χ4v) is 5.60. The lowest BCUT2D eigenvalue weighted by atomic mass is 9.73. The van der Waals surface area contributed by atoms with Crippen molar-refractivity contribution in [1.82, 2.24) is 0 Å². The Morgan fingerprint density at radius 3 is 1.00 bits per heavy atom. The van der Waals surface area contributed by atoms with Crippen molar-refractivity contribution in [3.05, 3.63) is 0 Å². The van der Waals surface area contributed by atoms with Gasteiger partial charge >= 0.3 is 0 Å². The third-order valence-electron chi connectivity index (χ3n) is 8.31. The predicted molar refractivity (Wildman–Crippen MR) is 123 cm³/mol. The van der Waals surface area contributed by atoms with E-state index in [-0.39, 0.29) is 0 Å². The van der Waals surface area contributed by atoms with Crippen LogP contribution in [-0.4, -0.2) is 24.4 Å². The Morgan fingerprint density at radius 1 is 0.500 bits per heavy atom. The second kappa shape index (κ2) is 11.3. The summed E-state index contributed by atoms with van der Waals surface area (Å²) < 4.78 is 12.4. The molecule has 10 atom stereocenters. The van der Waals surface area contributed by atoms with Crippen molar-refractivity contribution < 1.29 is 9.47 Å². The zero-order valence-electron chi connectivity index (χ0n) is 21.2. The first-order valence-electron chi connectivity index (χ1n) is 12.3. The van der Waals surface area contributed by atoms with Gasteiger partial charge in [0.25, 0.3) is 0 Å². The molecule has 0 radical (unpaired) electrons. The van der Waals surface area contributed by atoms with Gasteiger partial charge in [0.15, 0.2) is 0 Å². The van der Waals surface area contributed by atoms with Crippen LogP contribution >= 0.6 is 0 Å². The van der Waals surface area contributed by atoms with Crippen molar-refractivity contribution in [2.75, 3.05) is 0 Å². The van der Waals surface area contributed by atoms with Crippen LogP contribution in [0.2, 0.25) is 0 Å². The summed E-state index contributed by atoms with van der Waals surface area (Å²) in [7, 11) is 0. The Hall–Kier alpha value is -0.0800. The molecule has 0 saturated carbocycles. The van der Waals surface area contributed by atoms with Gasteiger partial charge in [-0.2, -0.15) is 0 Å². The molecular formula is C26H52O2. The lowest BCUT2D eigenvalue weighted by Crippen LogP contribution is -2.46. The topological polar surface area (TPSA) is 18.5 Å². The minimum absolute atomic E-state index is 0.464. The lowest BCUT2D eigenvalue weighted by Gasteiger charge is -2.45. The molecule has 0 aromatic heterocycles. The van der Waals surface area contributed by atoms with E-state index in [0.717, 1.165) is 24.7 Å². The van der Waals surface area contributed by atoms with Gasteiger partial charge in [0.1, 0.15) is 0 Å². The van der Waals surface area contributed by atoms with E-state index < -0.39 is 0 Å². The van der Waals surface area contributed by atoms with Gasteiger partial charge in [-0.05, 0) is 60.2 Å². The third kappa shape index (κ3) is 5.97. The van der Waals surface area contributed by atoms with Gasteiger partial charge in [-0.25, -0.2) is 0 Å². The van der Waals surface area contributed by atoms with Gasteiger partial charge in [0.2, 0.25) is 0 Å². The van der Waals surface area contributed by atoms with E-state index in [2.05, 4.69) is 83.1 Å². The molecule has 0 aromatic rings. The van der Waals surface area contributed by atoms with Gasteiger partial charge in [-0.1, -0.05) is 83.1 Å². The Labute approximate surface area is 177 Å². The maximum Gasteiger partial charge on any atom is 0.0630 e. The number of hydrogen-bond donors (Lipinski definition) is 0. The molecule has 2 fully saturated rings. The lowest BCUT2D eigenvalue weighted by molar-refractivity contribution is -0.150. The van der Waals surface area contributed by atoms with Crippen molar-refractivity contribution >= 4 is 0 Å². The molecule has 2 saturated heterocycles. The Kier molecular flexibility index (Phi) is 10.5. The van der Waals surface area contributed by atoms with Crippen molar-refractivity contribution in [1.29, 1.82) is 0 Å². The molecule has 0 bridgehead atoms. The first-order valence-corrected chi connectivity index (χ1v) is 12.3. The molecule has 2 heteroatoms. The van der Waals surface area contributed by atoms with Gasteiger partial charge in [-0.3, -0.25) is 0 Å². The predicted octanol–water partition coefficient (Wildman–Crippen LogP) is 7.46. The molecule has 28 heavy (non-hydrogen) atoms. The second-order valence-electron chi connectivity index (χ2n) is 10.7. The van der Waals surface area contributed by atoms with E-state index in [1.807, 2.05) is 0 Å². The summed E-state index contributed by atoms with van der Waals surface area (Å²) in [6.45, 7) is 27.7. The van der Waals surface area contributed by atoms with Crippen LogP contribution in [0, 0.1) is 47.3 Å². The zero-order chi connectivity index (χ0) is 21.8. The minimum atomic E-state index is 0.464. The first-order chi connectivity index (χ1) is 13.0. The SMILES string of the molecule is CCC1OC(C(C)C)C(C)[C@H](C)[C@@H]1C.CCC1OC(C(C)C)[C@H](C)C(C)[C@H]1C. The Balaban J connectivity index is 0.000000280. The molecule has 2 nitrogen and oxygen atoms in total. The van der Waals surface area contributed by atoms with E-state index in [0.29, 0.717) is 59.9 Å². The quantitative estimate of drug-likeness (QED) is 0.491. The van der Waals surface area contributed by atoms with Crippen LogP contribution in [0.3, 0.4) is 0 Å². The summed E-state index contributed by atoms with van der Waals surface area (Å²) in [5.41, 5.74) is 0. The molecule has 0 aromatic carbocycles. The number of hydrogen-bond acceptors (Lipinski definition) is 2. The molecule has 0 N–H and O–H groups in total. The van der Waals surface area contributed by atoms with Crippen LogP contribution in [0.1, 0.15) is 95.9 Å². The van der Waals surface area contributed by atoms with E-state index in [1.54, 1.807) is 0 Å². The smallest absolute Gasteiger partial charge is 0.0630 e. The standard InChI is InChI=1S/2C13H26O/c2*1-7-12-10(5)9(4)11(6)13(14-12)8(2)3/h2*8-13H,7H2,1-6H3/t9?,10-,11-,12?,13?;9-,10+,11?,12?,13?/m11/s1. The van der Waals surface area contributed by atoms with E-state index in [4.69, 9.17) is 9.47 Å². The van der Waals surface area contributed by atoms with Crippen molar-refractivity contribution in [2.45, 2.75) is 120 Å². The molecule has 2 rings (SSSR count). The largest absolute Gasteiger partial charge is 0.374 e.